The Hall–Kier alpha value is -0.0900. The molecule has 2 aliphatic carbocycles. The molecule has 0 amide bonds. The molecule has 1 aromatic carbocycles. The number of benzene rings is 1. The molecule has 2 saturated carbocycles. The van der Waals surface area contributed by atoms with Gasteiger partial charge >= 0.3 is 0 Å². The van der Waals surface area contributed by atoms with Crippen LogP contribution in [0.5, 0.6) is 0 Å². The van der Waals surface area contributed by atoms with E-state index < -0.39 is 0 Å². The number of halogens is 1. The highest BCUT2D eigenvalue weighted by Gasteiger charge is 2.53. The van der Waals surface area contributed by atoms with Crippen LogP contribution in [0, 0.1) is 14.9 Å². The number of hydrogen-bond donors (Lipinski definition) is 1. The summed E-state index contributed by atoms with van der Waals surface area (Å²) in [4.78, 5) is 0. The standard InChI is InChI=1S/C15H20IN/c1-11(12-2-6-14(16)7-3-12)17-10-15(8-9-15)13-4-5-13/h2-3,6-7,11,13,17H,4-5,8-10H2,1H3. The number of rotatable bonds is 5. The highest BCUT2D eigenvalue weighted by Crippen LogP contribution is 2.60. The molecular formula is C15H20IN. The molecule has 0 bridgehead atoms. The van der Waals surface area contributed by atoms with Crippen molar-refractivity contribution in [3.05, 3.63) is 33.4 Å². The summed E-state index contributed by atoms with van der Waals surface area (Å²) in [5.74, 6) is 1.05. The summed E-state index contributed by atoms with van der Waals surface area (Å²) in [6, 6.07) is 9.37. The maximum Gasteiger partial charge on any atom is 0.0292 e. The average molecular weight is 341 g/mol. The van der Waals surface area contributed by atoms with Crippen LogP contribution in [0.2, 0.25) is 0 Å². The Labute approximate surface area is 118 Å². The van der Waals surface area contributed by atoms with Crippen LogP contribution >= 0.6 is 22.6 Å². The van der Waals surface area contributed by atoms with Crippen LogP contribution in [0.15, 0.2) is 24.3 Å². The smallest absolute Gasteiger partial charge is 0.0292 e. The Balaban J connectivity index is 1.56. The first-order chi connectivity index (χ1) is 8.20. The minimum Gasteiger partial charge on any atom is -0.310 e. The zero-order valence-electron chi connectivity index (χ0n) is 10.4. The van der Waals surface area contributed by atoms with Gasteiger partial charge in [0.25, 0.3) is 0 Å². The SMILES string of the molecule is CC(NCC1(C2CC2)CC1)c1ccc(I)cc1. The molecule has 3 rings (SSSR count). The maximum absolute atomic E-state index is 3.74. The Morgan fingerprint density at radius 1 is 1.29 bits per heavy atom. The molecule has 0 aromatic heterocycles. The van der Waals surface area contributed by atoms with Crippen molar-refractivity contribution in [1.82, 2.24) is 5.32 Å². The third kappa shape index (κ3) is 2.68. The van der Waals surface area contributed by atoms with Gasteiger partial charge in [0, 0.05) is 16.2 Å². The van der Waals surface area contributed by atoms with Gasteiger partial charge < -0.3 is 5.32 Å². The van der Waals surface area contributed by atoms with Gasteiger partial charge in [0.05, 0.1) is 0 Å². The highest BCUT2D eigenvalue weighted by molar-refractivity contribution is 14.1. The van der Waals surface area contributed by atoms with Gasteiger partial charge in [-0.05, 0) is 84.2 Å². The fourth-order valence-electron chi connectivity index (χ4n) is 2.81. The van der Waals surface area contributed by atoms with Crippen LogP contribution < -0.4 is 5.32 Å². The molecule has 0 saturated heterocycles. The predicted octanol–water partition coefficient (Wildman–Crippen LogP) is 4.13. The van der Waals surface area contributed by atoms with Gasteiger partial charge in [-0.15, -0.1) is 0 Å². The van der Waals surface area contributed by atoms with Crippen LogP contribution in [0.3, 0.4) is 0 Å². The topological polar surface area (TPSA) is 12.0 Å². The first-order valence-corrected chi connectivity index (χ1v) is 7.76. The lowest BCUT2D eigenvalue weighted by molar-refractivity contribution is 0.382. The molecule has 1 aromatic rings. The summed E-state index contributed by atoms with van der Waals surface area (Å²) in [5.41, 5.74) is 2.12. The second-order valence-corrected chi connectivity index (χ2v) is 7.04. The van der Waals surface area contributed by atoms with Crippen molar-refractivity contribution in [2.75, 3.05) is 6.54 Å². The van der Waals surface area contributed by atoms with Crippen LogP contribution in [0.4, 0.5) is 0 Å². The van der Waals surface area contributed by atoms with Gasteiger partial charge in [-0.3, -0.25) is 0 Å². The van der Waals surface area contributed by atoms with Gasteiger partial charge in [0.1, 0.15) is 0 Å². The van der Waals surface area contributed by atoms with Crippen molar-refractivity contribution in [2.45, 2.75) is 38.6 Å². The first-order valence-electron chi connectivity index (χ1n) is 6.68. The summed E-state index contributed by atoms with van der Waals surface area (Å²) in [7, 11) is 0. The molecule has 0 radical (unpaired) electrons. The minimum absolute atomic E-state index is 0.489. The van der Waals surface area contributed by atoms with E-state index in [2.05, 4.69) is 59.1 Å². The Morgan fingerprint density at radius 2 is 1.94 bits per heavy atom. The van der Waals surface area contributed by atoms with Crippen molar-refractivity contribution in [3.63, 3.8) is 0 Å². The number of nitrogens with one attached hydrogen (secondary N) is 1. The summed E-state index contributed by atoms with van der Waals surface area (Å²) >= 11 is 2.36. The zero-order valence-corrected chi connectivity index (χ0v) is 12.5. The molecule has 2 heteroatoms. The van der Waals surface area contributed by atoms with Crippen molar-refractivity contribution in [2.24, 2.45) is 11.3 Å². The second-order valence-electron chi connectivity index (χ2n) is 5.79. The van der Waals surface area contributed by atoms with Crippen molar-refractivity contribution >= 4 is 22.6 Å². The van der Waals surface area contributed by atoms with E-state index >= 15 is 0 Å². The monoisotopic (exact) mass is 341 g/mol. The van der Waals surface area contributed by atoms with E-state index in [4.69, 9.17) is 0 Å². The third-order valence-electron chi connectivity index (χ3n) is 4.47. The maximum atomic E-state index is 3.74. The van der Waals surface area contributed by atoms with Crippen LogP contribution in [-0.4, -0.2) is 6.54 Å². The largest absolute Gasteiger partial charge is 0.310 e. The molecule has 1 atom stereocenters. The van der Waals surface area contributed by atoms with E-state index in [9.17, 15) is 0 Å². The molecule has 0 heterocycles. The Kier molecular flexibility index (Phi) is 3.20. The van der Waals surface area contributed by atoms with E-state index in [1.165, 1.54) is 41.4 Å². The van der Waals surface area contributed by atoms with Crippen molar-refractivity contribution in [1.29, 1.82) is 0 Å². The summed E-state index contributed by atoms with van der Waals surface area (Å²) in [6.07, 6.45) is 5.90. The summed E-state index contributed by atoms with van der Waals surface area (Å²) in [5, 5.41) is 3.74. The fraction of sp³-hybridized carbons (Fsp3) is 0.600. The molecular weight excluding hydrogens is 321 g/mol. The molecule has 92 valence electrons. The van der Waals surface area contributed by atoms with Crippen molar-refractivity contribution in [3.8, 4) is 0 Å². The van der Waals surface area contributed by atoms with E-state index in [0.29, 0.717) is 11.5 Å². The lowest BCUT2D eigenvalue weighted by atomic mass is 9.99. The van der Waals surface area contributed by atoms with E-state index in [1.807, 2.05) is 0 Å². The zero-order chi connectivity index (χ0) is 11.9. The van der Waals surface area contributed by atoms with Crippen LogP contribution in [-0.2, 0) is 0 Å². The van der Waals surface area contributed by atoms with Gasteiger partial charge in [0.2, 0.25) is 0 Å². The molecule has 17 heavy (non-hydrogen) atoms. The number of hydrogen-bond acceptors (Lipinski definition) is 1. The summed E-state index contributed by atoms with van der Waals surface area (Å²) < 4.78 is 1.31. The van der Waals surface area contributed by atoms with Crippen LogP contribution in [0.25, 0.3) is 0 Å². The molecule has 0 aliphatic heterocycles. The highest BCUT2D eigenvalue weighted by atomic mass is 127. The average Bonchev–Trinajstić information content (AvgIpc) is 3.17. The quantitative estimate of drug-likeness (QED) is 0.794. The summed E-state index contributed by atoms with van der Waals surface area (Å²) in [6.45, 7) is 3.51. The molecule has 2 fully saturated rings. The molecule has 1 unspecified atom stereocenters. The van der Waals surface area contributed by atoms with Gasteiger partial charge in [-0.2, -0.15) is 0 Å². The third-order valence-corrected chi connectivity index (χ3v) is 5.19. The fourth-order valence-corrected chi connectivity index (χ4v) is 3.17. The van der Waals surface area contributed by atoms with Crippen molar-refractivity contribution < 1.29 is 0 Å². The molecule has 1 N–H and O–H groups in total. The predicted molar refractivity (Wildman–Crippen MR) is 80.0 cm³/mol. The molecule has 2 aliphatic rings. The molecule has 0 spiro atoms. The Morgan fingerprint density at radius 3 is 2.47 bits per heavy atom. The second kappa shape index (κ2) is 4.54. The van der Waals surface area contributed by atoms with Gasteiger partial charge in [0.15, 0.2) is 0 Å². The van der Waals surface area contributed by atoms with E-state index in [1.54, 1.807) is 0 Å². The lowest BCUT2D eigenvalue weighted by Crippen LogP contribution is -2.27. The van der Waals surface area contributed by atoms with Crippen LogP contribution in [0.1, 0.15) is 44.2 Å². The molecule has 1 nitrogen and oxygen atoms in total. The minimum atomic E-state index is 0.489. The lowest BCUT2D eigenvalue weighted by Gasteiger charge is -2.20. The normalized spacial score (nSPS) is 23.4. The van der Waals surface area contributed by atoms with Gasteiger partial charge in [-0.25, -0.2) is 0 Å². The Bertz CT molecular complexity index is 390. The first kappa shape index (κ1) is 12.0. The van der Waals surface area contributed by atoms with E-state index in [-0.39, 0.29) is 0 Å². The van der Waals surface area contributed by atoms with E-state index in [0.717, 1.165) is 5.92 Å². The van der Waals surface area contributed by atoms with Gasteiger partial charge in [-0.1, -0.05) is 12.1 Å².